The van der Waals surface area contributed by atoms with Crippen molar-refractivity contribution in [3.63, 3.8) is 0 Å². The van der Waals surface area contributed by atoms with E-state index >= 15 is 0 Å². The Morgan fingerprint density at radius 2 is 2.08 bits per heavy atom. The molecule has 0 radical (unpaired) electrons. The summed E-state index contributed by atoms with van der Waals surface area (Å²) in [5.41, 5.74) is -1.02. The number of hydrogen-bond acceptors (Lipinski definition) is 4. The van der Waals surface area contributed by atoms with Crippen LogP contribution in [-0.2, 0) is 4.79 Å². The number of anilines is 1. The molecule has 0 spiro atoms. The monoisotopic (exact) mass is 353 g/mol. The highest BCUT2D eigenvalue weighted by Crippen LogP contribution is 2.36. The predicted octanol–water partition coefficient (Wildman–Crippen LogP) is 2.35. The molecule has 1 amide bonds. The average molecular weight is 353 g/mol. The van der Waals surface area contributed by atoms with Gasteiger partial charge in [0.05, 0.1) is 5.60 Å². The van der Waals surface area contributed by atoms with Gasteiger partial charge in [-0.2, -0.15) is 0 Å². The van der Waals surface area contributed by atoms with Gasteiger partial charge in [-0.1, -0.05) is 6.07 Å². The molecule has 1 aromatic rings. The number of carbonyl (C=O) groups excluding carboxylic acids is 1. The van der Waals surface area contributed by atoms with Crippen molar-refractivity contribution in [2.45, 2.75) is 50.0 Å². The van der Waals surface area contributed by atoms with E-state index in [2.05, 4.69) is 10.3 Å². The molecule has 1 aliphatic heterocycles. The Morgan fingerprint density at radius 3 is 2.76 bits per heavy atom. The molecule has 1 aromatic heterocycles. The molecule has 1 aliphatic carbocycles. The van der Waals surface area contributed by atoms with Crippen molar-refractivity contribution in [2.24, 2.45) is 5.92 Å². The van der Waals surface area contributed by atoms with Crippen LogP contribution in [0.1, 0.15) is 38.5 Å². The van der Waals surface area contributed by atoms with Gasteiger partial charge in [-0.25, -0.2) is 13.8 Å². The van der Waals surface area contributed by atoms with E-state index in [4.69, 9.17) is 0 Å². The molecular weight excluding hydrogens is 328 g/mol. The van der Waals surface area contributed by atoms with Gasteiger partial charge in [0.25, 0.3) is 0 Å². The van der Waals surface area contributed by atoms with E-state index in [1.54, 1.807) is 6.20 Å². The number of aromatic nitrogens is 1. The Labute approximate surface area is 146 Å². The Bertz CT molecular complexity index is 589. The lowest BCUT2D eigenvalue weighted by Crippen LogP contribution is -2.55. The first kappa shape index (κ1) is 18.0. The van der Waals surface area contributed by atoms with Crippen molar-refractivity contribution in [1.29, 1.82) is 0 Å². The van der Waals surface area contributed by atoms with Crippen LogP contribution in [-0.4, -0.2) is 47.2 Å². The highest BCUT2D eigenvalue weighted by atomic mass is 19.3. The zero-order valence-electron chi connectivity index (χ0n) is 14.3. The van der Waals surface area contributed by atoms with E-state index in [0.717, 1.165) is 18.8 Å². The number of amides is 1. The molecule has 2 aliphatic rings. The molecule has 25 heavy (non-hydrogen) atoms. The molecule has 0 bridgehead atoms. The minimum absolute atomic E-state index is 0.141. The third-order valence-electron chi connectivity index (χ3n) is 5.21. The van der Waals surface area contributed by atoms with Crippen molar-refractivity contribution >= 4 is 11.7 Å². The fraction of sp³-hybridized carbons (Fsp3) is 0.667. The third-order valence-corrected chi connectivity index (χ3v) is 5.21. The number of β-amino-alcohol motifs (C(OH)–C–C–N with tert-alkyl or cyclic N) is 1. The number of halogens is 2. The number of carbonyl (C=O) groups is 1. The molecule has 5 nitrogen and oxygen atoms in total. The van der Waals surface area contributed by atoms with Crippen molar-refractivity contribution < 1.29 is 18.7 Å². The average Bonchev–Trinajstić information content (AvgIpc) is 2.60. The van der Waals surface area contributed by atoms with Gasteiger partial charge in [-0.3, -0.25) is 4.79 Å². The largest absolute Gasteiger partial charge is 0.386 e. The van der Waals surface area contributed by atoms with Crippen LogP contribution in [0.5, 0.6) is 0 Å². The molecule has 1 atom stereocenters. The second kappa shape index (κ2) is 7.23. The smallest absolute Gasteiger partial charge is 0.248 e. The Balaban J connectivity index is 1.52. The third kappa shape index (κ3) is 4.66. The van der Waals surface area contributed by atoms with Crippen molar-refractivity contribution in [2.75, 3.05) is 24.5 Å². The van der Waals surface area contributed by atoms with E-state index in [9.17, 15) is 18.7 Å². The van der Waals surface area contributed by atoms with Gasteiger partial charge in [0.15, 0.2) is 0 Å². The number of nitrogens with one attached hydrogen (secondary N) is 1. The molecule has 2 fully saturated rings. The number of hydrogen-bond donors (Lipinski definition) is 2. The minimum atomic E-state index is -2.64. The predicted molar refractivity (Wildman–Crippen MR) is 90.5 cm³/mol. The van der Waals surface area contributed by atoms with E-state index < -0.39 is 11.5 Å². The number of nitrogens with zero attached hydrogens (tertiary/aromatic N) is 2. The van der Waals surface area contributed by atoms with E-state index in [-0.39, 0.29) is 44.1 Å². The second-order valence-electron chi connectivity index (χ2n) is 7.29. The van der Waals surface area contributed by atoms with Crippen LogP contribution in [0.25, 0.3) is 0 Å². The summed E-state index contributed by atoms with van der Waals surface area (Å²) < 4.78 is 26.4. The van der Waals surface area contributed by atoms with Gasteiger partial charge in [-0.15, -0.1) is 0 Å². The normalized spacial score (nSPS) is 27.1. The molecule has 2 heterocycles. The topological polar surface area (TPSA) is 65.5 Å². The first-order chi connectivity index (χ1) is 11.9. The maximum atomic E-state index is 13.2. The van der Waals surface area contributed by atoms with Crippen LogP contribution < -0.4 is 10.2 Å². The van der Waals surface area contributed by atoms with Gasteiger partial charge in [0.2, 0.25) is 11.8 Å². The maximum absolute atomic E-state index is 13.2. The molecule has 0 unspecified atom stereocenters. The zero-order valence-corrected chi connectivity index (χ0v) is 14.3. The fourth-order valence-electron chi connectivity index (χ4n) is 3.69. The standard InChI is InChI=1S/C18H25F2N3O2/c19-18(20)8-5-14(6-9-18)16(24)22-12-17(25)7-3-11-23(13-17)15-4-1-2-10-21-15/h1-2,4,10,14,25H,3,5-9,11-13H2,(H,22,24)/t17-/m0/s1. The first-order valence-electron chi connectivity index (χ1n) is 8.91. The van der Waals surface area contributed by atoms with Crippen LogP contribution >= 0.6 is 0 Å². The quantitative estimate of drug-likeness (QED) is 0.872. The Kier molecular flexibility index (Phi) is 5.22. The van der Waals surface area contributed by atoms with Gasteiger partial charge >= 0.3 is 0 Å². The van der Waals surface area contributed by atoms with Gasteiger partial charge in [0, 0.05) is 44.6 Å². The van der Waals surface area contributed by atoms with E-state index in [1.807, 2.05) is 23.1 Å². The van der Waals surface area contributed by atoms with Crippen molar-refractivity contribution in [3.05, 3.63) is 24.4 Å². The summed E-state index contributed by atoms with van der Waals surface area (Å²) in [6.07, 6.45) is 3.06. The Hall–Kier alpha value is -1.76. The highest BCUT2D eigenvalue weighted by molar-refractivity contribution is 5.78. The molecular formula is C18H25F2N3O2. The lowest BCUT2D eigenvalue weighted by atomic mass is 9.86. The summed E-state index contributed by atoms with van der Waals surface area (Å²) in [6, 6.07) is 5.64. The highest BCUT2D eigenvalue weighted by Gasteiger charge is 2.39. The summed E-state index contributed by atoms with van der Waals surface area (Å²) in [5.74, 6) is -2.43. The van der Waals surface area contributed by atoms with Gasteiger partial charge < -0.3 is 15.3 Å². The summed E-state index contributed by atoms with van der Waals surface area (Å²) in [6.45, 7) is 1.35. The fourth-order valence-corrected chi connectivity index (χ4v) is 3.69. The maximum Gasteiger partial charge on any atom is 0.248 e. The lowest BCUT2D eigenvalue weighted by molar-refractivity contribution is -0.130. The Morgan fingerprint density at radius 1 is 1.32 bits per heavy atom. The zero-order chi connectivity index (χ0) is 17.9. The number of aliphatic hydroxyl groups is 1. The van der Waals surface area contributed by atoms with Gasteiger partial charge in [-0.05, 0) is 37.8 Å². The summed E-state index contributed by atoms with van der Waals surface area (Å²) >= 11 is 0. The van der Waals surface area contributed by atoms with Crippen LogP contribution in [0.2, 0.25) is 0 Å². The summed E-state index contributed by atoms with van der Waals surface area (Å²) in [5, 5.41) is 13.6. The number of rotatable bonds is 4. The summed E-state index contributed by atoms with van der Waals surface area (Å²) in [4.78, 5) is 18.6. The van der Waals surface area contributed by atoms with Crippen LogP contribution in [0.15, 0.2) is 24.4 Å². The van der Waals surface area contributed by atoms with E-state index in [1.165, 1.54) is 0 Å². The molecule has 3 rings (SSSR count). The van der Waals surface area contributed by atoms with Crippen molar-refractivity contribution in [3.8, 4) is 0 Å². The second-order valence-corrected chi connectivity index (χ2v) is 7.29. The SMILES string of the molecule is O=C(NC[C@@]1(O)CCCN(c2ccccn2)C1)C1CCC(F)(F)CC1. The van der Waals surface area contributed by atoms with Crippen LogP contribution in [0.4, 0.5) is 14.6 Å². The molecule has 1 saturated heterocycles. The molecule has 1 saturated carbocycles. The van der Waals surface area contributed by atoms with Crippen LogP contribution in [0, 0.1) is 5.92 Å². The number of piperidine rings is 1. The molecule has 138 valence electrons. The van der Waals surface area contributed by atoms with Gasteiger partial charge in [0.1, 0.15) is 5.82 Å². The minimum Gasteiger partial charge on any atom is -0.386 e. The van der Waals surface area contributed by atoms with Crippen LogP contribution in [0.3, 0.4) is 0 Å². The lowest BCUT2D eigenvalue weighted by Gasteiger charge is -2.40. The number of pyridine rings is 1. The number of alkyl halides is 2. The molecule has 0 aromatic carbocycles. The summed E-state index contributed by atoms with van der Waals surface area (Å²) in [7, 11) is 0. The molecule has 7 heteroatoms. The van der Waals surface area contributed by atoms with Crippen molar-refractivity contribution in [1.82, 2.24) is 10.3 Å². The van der Waals surface area contributed by atoms with E-state index in [0.29, 0.717) is 13.0 Å². The first-order valence-corrected chi connectivity index (χ1v) is 8.91. The molecule has 2 N–H and O–H groups in total.